The van der Waals surface area contributed by atoms with Gasteiger partial charge in [0.1, 0.15) is 38.2 Å². The van der Waals surface area contributed by atoms with Gasteiger partial charge in [-0.15, -0.1) is 0 Å². The molecule has 2 aliphatic carbocycles. The molecule has 4 heteroatoms. The number of esters is 1. The first-order chi connectivity index (χ1) is 11.5. The Morgan fingerprint density at radius 3 is 2.79 bits per heavy atom. The molecule has 2 heterocycles. The molecule has 2 N–H and O–H groups in total. The van der Waals surface area contributed by atoms with Gasteiger partial charge in [-0.3, -0.25) is 4.79 Å². The van der Waals surface area contributed by atoms with Gasteiger partial charge in [0, 0.05) is 5.92 Å². The van der Waals surface area contributed by atoms with Crippen molar-refractivity contribution in [1.82, 2.24) is 0 Å². The molecule has 134 valence electrons. The van der Waals surface area contributed by atoms with Crippen LogP contribution in [0.1, 0.15) is 39.5 Å². The molecule has 4 nitrogen and oxygen atoms in total. The number of allylic oxidation sites excluding steroid dienone is 1. The van der Waals surface area contributed by atoms with Crippen molar-refractivity contribution in [2.75, 3.05) is 39.8 Å². The third kappa shape index (κ3) is 2.82. The second kappa shape index (κ2) is 6.14. The van der Waals surface area contributed by atoms with Crippen molar-refractivity contribution in [3.05, 3.63) is 11.6 Å². The minimum Gasteiger partial charge on any atom is -0.461 e. The van der Waals surface area contributed by atoms with Gasteiger partial charge in [0.2, 0.25) is 0 Å². The molecule has 3 fully saturated rings. The number of hydrogen-bond donors (Lipinski definition) is 2. The molecule has 0 unspecified atom stereocenters. The molecular weight excluding hydrogens is 300 g/mol. The van der Waals surface area contributed by atoms with Crippen LogP contribution in [0.5, 0.6) is 0 Å². The molecule has 1 saturated carbocycles. The fraction of sp³-hybridized carbons (Fsp3) is 0.850. The Bertz CT molecular complexity index is 538. The average molecular weight is 335 g/mol. The van der Waals surface area contributed by atoms with E-state index in [4.69, 9.17) is 4.74 Å². The summed E-state index contributed by atoms with van der Waals surface area (Å²) < 4.78 is 5.89. The Kier molecular flexibility index (Phi) is 4.24. The molecule has 2 saturated heterocycles. The number of carbonyl (C=O) groups excluding carboxylic acids is 1. The van der Waals surface area contributed by atoms with Crippen LogP contribution < -0.4 is 9.80 Å². The van der Waals surface area contributed by atoms with E-state index in [0.29, 0.717) is 11.8 Å². The van der Waals surface area contributed by atoms with Crippen LogP contribution in [0.4, 0.5) is 0 Å². The van der Waals surface area contributed by atoms with Crippen LogP contribution in [-0.4, -0.2) is 51.8 Å². The molecule has 0 aromatic heterocycles. The van der Waals surface area contributed by atoms with E-state index in [0.717, 1.165) is 13.0 Å². The van der Waals surface area contributed by atoms with Crippen LogP contribution in [0.3, 0.4) is 0 Å². The first kappa shape index (κ1) is 16.6. The highest BCUT2D eigenvalue weighted by molar-refractivity contribution is 5.76. The smallest absolute Gasteiger partial charge is 0.315 e. The van der Waals surface area contributed by atoms with Gasteiger partial charge in [0.15, 0.2) is 0 Å². The van der Waals surface area contributed by atoms with E-state index in [-0.39, 0.29) is 23.4 Å². The SMILES string of the molecule is C[C@@H]1CCC[C@]2(C)C[C@H]3OC(=O)[C@@H](C[NH+]4CC[NH+](C)CC4)[C@H]3C=C12. The molecule has 0 aromatic carbocycles. The lowest BCUT2D eigenvalue weighted by Gasteiger charge is -2.46. The summed E-state index contributed by atoms with van der Waals surface area (Å²) in [6.07, 6.45) is 7.58. The van der Waals surface area contributed by atoms with Crippen LogP contribution >= 0.6 is 0 Å². The van der Waals surface area contributed by atoms with Crippen molar-refractivity contribution in [3.63, 3.8) is 0 Å². The number of rotatable bonds is 2. The molecule has 24 heavy (non-hydrogen) atoms. The van der Waals surface area contributed by atoms with Crippen molar-refractivity contribution in [2.24, 2.45) is 23.2 Å². The Morgan fingerprint density at radius 1 is 1.29 bits per heavy atom. The number of quaternary nitrogens is 2. The molecule has 0 radical (unpaired) electrons. The molecular formula is C20H34N2O2+2. The van der Waals surface area contributed by atoms with E-state index in [1.165, 1.54) is 45.4 Å². The molecule has 2 aliphatic heterocycles. The third-order valence-corrected chi connectivity index (χ3v) is 7.40. The number of fused-ring (bicyclic) bond motifs is 2. The zero-order chi connectivity index (χ0) is 16.9. The Labute approximate surface area is 146 Å². The van der Waals surface area contributed by atoms with E-state index in [9.17, 15) is 4.79 Å². The van der Waals surface area contributed by atoms with Crippen LogP contribution in [0.15, 0.2) is 11.6 Å². The largest absolute Gasteiger partial charge is 0.461 e. The zero-order valence-corrected chi connectivity index (χ0v) is 15.6. The van der Waals surface area contributed by atoms with Crippen molar-refractivity contribution < 1.29 is 19.3 Å². The van der Waals surface area contributed by atoms with Gasteiger partial charge in [-0.2, -0.15) is 0 Å². The van der Waals surface area contributed by atoms with Crippen LogP contribution in [0.25, 0.3) is 0 Å². The second-order valence-corrected chi connectivity index (χ2v) is 9.25. The predicted molar refractivity (Wildman–Crippen MR) is 92.9 cm³/mol. The second-order valence-electron chi connectivity index (χ2n) is 9.25. The normalized spacial score (nSPS) is 48.3. The quantitative estimate of drug-likeness (QED) is 0.538. The minimum absolute atomic E-state index is 0.0792. The molecule has 0 spiro atoms. The van der Waals surface area contributed by atoms with Gasteiger partial charge in [-0.05, 0) is 30.6 Å². The molecule has 0 aromatic rings. The van der Waals surface area contributed by atoms with Crippen molar-refractivity contribution >= 4 is 5.97 Å². The van der Waals surface area contributed by atoms with E-state index in [1.54, 1.807) is 15.4 Å². The summed E-state index contributed by atoms with van der Waals surface area (Å²) in [6.45, 7) is 10.6. The lowest BCUT2D eigenvalue weighted by Crippen LogP contribution is -3.27. The first-order valence-corrected chi connectivity index (χ1v) is 10.0. The molecule has 4 aliphatic rings. The third-order valence-electron chi connectivity index (χ3n) is 7.40. The highest BCUT2D eigenvalue weighted by atomic mass is 16.6. The minimum atomic E-state index is 0.0792. The summed E-state index contributed by atoms with van der Waals surface area (Å²) in [7, 11) is 2.27. The Balaban J connectivity index is 1.53. The van der Waals surface area contributed by atoms with E-state index in [2.05, 4.69) is 27.0 Å². The predicted octanol–water partition coefficient (Wildman–Crippen LogP) is -0.286. The first-order valence-electron chi connectivity index (χ1n) is 10.0. The van der Waals surface area contributed by atoms with Crippen LogP contribution in [-0.2, 0) is 9.53 Å². The fourth-order valence-electron chi connectivity index (χ4n) is 5.83. The van der Waals surface area contributed by atoms with Crippen molar-refractivity contribution in [1.29, 1.82) is 0 Å². The van der Waals surface area contributed by atoms with Crippen LogP contribution in [0.2, 0.25) is 0 Å². The Hall–Kier alpha value is -0.870. The van der Waals surface area contributed by atoms with Gasteiger partial charge in [0.25, 0.3) is 0 Å². The average Bonchev–Trinajstić information content (AvgIpc) is 2.82. The molecule has 4 rings (SSSR count). The van der Waals surface area contributed by atoms with Crippen molar-refractivity contribution in [2.45, 2.75) is 45.6 Å². The Morgan fingerprint density at radius 2 is 2.04 bits per heavy atom. The summed E-state index contributed by atoms with van der Waals surface area (Å²) in [5.74, 6) is 1.19. The summed E-state index contributed by atoms with van der Waals surface area (Å²) in [5, 5.41) is 0. The summed E-state index contributed by atoms with van der Waals surface area (Å²) in [5.41, 5.74) is 1.91. The summed E-state index contributed by atoms with van der Waals surface area (Å²) in [4.78, 5) is 15.8. The number of piperazine rings is 1. The maximum Gasteiger partial charge on any atom is 0.315 e. The topological polar surface area (TPSA) is 35.2 Å². The highest BCUT2D eigenvalue weighted by Crippen LogP contribution is 2.53. The number of carbonyl (C=O) groups is 1. The van der Waals surface area contributed by atoms with Gasteiger partial charge in [-0.1, -0.05) is 31.9 Å². The zero-order valence-electron chi connectivity index (χ0n) is 15.6. The van der Waals surface area contributed by atoms with Gasteiger partial charge in [-0.25, -0.2) is 0 Å². The standard InChI is InChI=1S/C20H32N2O2/c1-14-5-4-6-20(2)12-18-15(11-17(14)20)16(19(23)24-18)13-22-9-7-21(3)8-10-22/h11,14-16,18H,4-10,12-13H2,1-3H3/p+2/t14-,15-,16+,18-,20-/m1/s1. The van der Waals surface area contributed by atoms with E-state index < -0.39 is 0 Å². The summed E-state index contributed by atoms with van der Waals surface area (Å²) in [6, 6.07) is 0. The van der Waals surface area contributed by atoms with Gasteiger partial charge in [0.05, 0.1) is 13.6 Å². The van der Waals surface area contributed by atoms with Gasteiger partial charge < -0.3 is 14.5 Å². The van der Waals surface area contributed by atoms with E-state index >= 15 is 0 Å². The lowest BCUT2D eigenvalue weighted by molar-refractivity contribution is -1.00. The van der Waals surface area contributed by atoms with Gasteiger partial charge >= 0.3 is 5.97 Å². The maximum absolute atomic E-state index is 12.6. The number of nitrogens with one attached hydrogen (secondary N) is 2. The van der Waals surface area contributed by atoms with Crippen molar-refractivity contribution in [3.8, 4) is 0 Å². The fourth-order valence-corrected chi connectivity index (χ4v) is 5.83. The highest BCUT2D eigenvalue weighted by Gasteiger charge is 2.52. The summed E-state index contributed by atoms with van der Waals surface area (Å²) >= 11 is 0. The maximum atomic E-state index is 12.6. The number of hydrogen-bond acceptors (Lipinski definition) is 2. The lowest BCUT2D eigenvalue weighted by atomic mass is 9.59. The van der Waals surface area contributed by atoms with Crippen LogP contribution in [0, 0.1) is 23.2 Å². The molecule has 5 atom stereocenters. The van der Waals surface area contributed by atoms with E-state index in [1.807, 2.05) is 0 Å². The molecule has 0 amide bonds. The number of ether oxygens (including phenoxy) is 1. The molecule has 0 bridgehead atoms. The number of likely N-dealkylation sites (N-methyl/N-ethyl adjacent to an activating group) is 1. The monoisotopic (exact) mass is 334 g/mol.